The predicted molar refractivity (Wildman–Crippen MR) is 68.3 cm³/mol. The quantitative estimate of drug-likeness (QED) is 0.806. The third-order valence-corrected chi connectivity index (χ3v) is 5.51. The summed E-state index contributed by atoms with van der Waals surface area (Å²) in [5.41, 5.74) is 0. The van der Waals surface area contributed by atoms with Crippen molar-refractivity contribution in [3.63, 3.8) is 0 Å². The van der Waals surface area contributed by atoms with Gasteiger partial charge in [0.15, 0.2) is 9.84 Å². The fourth-order valence-corrected chi connectivity index (χ4v) is 3.67. The van der Waals surface area contributed by atoms with Crippen LogP contribution in [0.4, 0.5) is 0 Å². The van der Waals surface area contributed by atoms with E-state index < -0.39 is 9.84 Å². The predicted octanol–water partition coefficient (Wildman–Crippen LogP) is 1.83. The molecule has 0 aromatic rings. The van der Waals surface area contributed by atoms with Crippen LogP contribution in [-0.4, -0.2) is 32.5 Å². The van der Waals surface area contributed by atoms with E-state index in [4.69, 9.17) is 0 Å². The molecule has 0 aromatic carbocycles. The van der Waals surface area contributed by atoms with Gasteiger partial charge in [0, 0.05) is 12.3 Å². The van der Waals surface area contributed by atoms with Crippen LogP contribution in [0.5, 0.6) is 0 Å². The number of nitrogens with one attached hydrogen (secondary N) is 1. The number of sulfone groups is 1. The fraction of sp³-hybridized carbons (Fsp3) is 1.00. The zero-order chi connectivity index (χ0) is 12.3. The Labute approximate surface area is 99.9 Å². The molecule has 0 amide bonds. The minimum Gasteiger partial charge on any atom is -0.312 e. The largest absolute Gasteiger partial charge is 0.312 e. The summed E-state index contributed by atoms with van der Waals surface area (Å²) >= 11 is 0. The van der Waals surface area contributed by atoms with E-state index in [1.807, 2.05) is 0 Å². The topological polar surface area (TPSA) is 46.2 Å². The molecule has 1 N–H and O–H groups in total. The maximum absolute atomic E-state index is 11.6. The molecule has 96 valence electrons. The molecule has 0 radical (unpaired) electrons. The second-order valence-corrected chi connectivity index (χ2v) is 7.80. The molecule has 0 aromatic heterocycles. The van der Waals surface area contributed by atoms with E-state index in [0.29, 0.717) is 11.8 Å². The summed E-state index contributed by atoms with van der Waals surface area (Å²) in [6.45, 7) is 7.54. The van der Waals surface area contributed by atoms with E-state index in [0.717, 1.165) is 25.8 Å². The van der Waals surface area contributed by atoms with Crippen LogP contribution in [0.25, 0.3) is 0 Å². The van der Waals surface area contributed by atoms with Crippen LogP contribution in [0.3, 0.4) is 0 Å². The maximum Gasteiger partial charge on any atom is 0.151 e. The smallest absolute Gasteiger partial charge is 0.151 e. The summed E-state index contributed by atoms with van der Waals surface area (Å²) in [5.74, 6) is 1.24. The Hall–Kier alpha value is -0.0900. The highest BCUT2D eigenvalue weighted by Gasteiger charge is 2.34. The van der Waals surface area contributed by atoms with Crippen LogP contribution >= 0.6 is 0 Å². The van der Waals surface area contributed by atoms with Crippen molar-refractivity contribution in [2.45, 2.75) is 51.3 Å². The summed E-state index contributed by atoms with van der Waals surface area (Å²) in [6.07, 6.45) is 4.23. The molecule has 3 nitrogen and oxygen atoms in total. The lowest BCUT2D eigenvalue weighted by molar-refractivity contribution is 0.367. The zero-order valence-electron chi connectivity index (χ0n) is 10.9. The van der Waals surface area contributed by atoms with Crippen molar-refractivity contribution in [2.24, 2.45) is 11.8 Å². The van der Waals surface area contributed by atoms with Crippen LogP contribution < -0.4 is 5.32 Å². The van der Waals surface area contributed by atoms with E-state index in [-0.39, 0.29) is 11.3 Å². The summed E-state index contributed by atoms with van der Waals surface area (Å²) in [4.78, 5) is 0. The lowest BCUT2D eigenvalue weighted by atomic mass is 9.98. The average Bonchev–Trinajstić information content (AvgIpc) is 2.60. The Bertz CT molecular complexity index is 311. The van der Waals surface area contributed by atoms with Crippen LogP contribution in [0.2, 0.25) is 0 Å². The highest BCUT2D eigenvalue weighted by Crippen LogP contribution is 2.25. The summed E-state index contributed by atoms with van der Waals surface area (Å²) in [5, 5.41) is 3.28. The third kappa shape index (κ3) is 3.74. The summed E-state index contributed by atoms with van der Waals surface area (Å²) in [6, 6.07) is 0.177. The molecule has 4 heteroatoms. The van der Waals surface area contributed by atoms with Gasteiger partial charge in [0.25, 0.3) is 0 Å². The Balaban J connectivity index is 2.48. The highest BCUT2D eigenvalue weighted by atomic mass is 32.2. The first-order valence-electron chi connectivity index (χ1n) is 6.24. The molecule has 0 heterocycles. The van der Waals surface area contributed by atoms with Gasteiger partial charge in [-0.3, -0.25) is 0 Å². The normalized spacial score (nSPS) is 28.6. The van der Waals surface area contributed by atoms with Gasteiger partial charge in [0.1, 0.15) is 0 Å². The molecule has 1 aliphatic rings. The minimum absolute atomic E-state index is 0.160. The zero-order valence-corrected chi connectivity index (χ0v) is 11.7. The van der Waals surface area contributed by atoms with E-state index in [1.165, 1.54) is 6.26 Å². The molecule has 0 aliphatic heterocycles. The van der Waals surface area contributed by atoms with Gasteiger partial charge >= 0.3 is 0 Å². The third-order valence-electron chi connectivity index (χ3n) is 3.84. The van der Waals surface area contributed by atoms with Crippen LogP contribution in [0.15, 0.2) is 0 Å². The van der Waals surface area contributed by atoms with Gasteiger partial charge in [0.05, 0.1) is 5.25 Å². The van der Waals surface area contributed by atoms with Gasteiger partial charge in [-0.1, -0.05) is 27.2 Å². The van der Waals surface area contributed by atoms with Gasteiger partial charge < -0.3 is 5.32 Å². The van der Waals surface area contributed by atoms with Crippen molar-refractivity contribution in [3.05, 3.63) is 0 Å². The van der Waals surface area contributed by atoms with E-state index in [1.54, 1.807) is 0 Å². The number of rotatable bonds is 5. The van der Waals surface area contributed by atoms with Gasteiger partial charge in [-0.2, -0.15) is 0 Å². The average molecular weight is 247 g/mol. The first-order chi connectivity index (χ1) is 7.32. The fourth-order valence-electron chi connectivity index (χ4n) is 2.24. The molecule has 1 saturated carbocycles. The molecule has 0 spiro atoms. The van der Waals surface area contributed by atoms with Crippen molar-refractivity contribution >= 4 is 9.84 Å². The van der Waals surface area contributed by atoms with Gasteiger partial charge in [-0.15, -0.1) is 0 Å². The molecule has 1 aliphatic carbocycles. The lowest BCUT2D eigenvalue weighted by Gasteiger charge is -2.23. The first kappa shape index (κ1) is 14.0. The van der Waals surface area contributed by atoms with Gasteiger partial charge in [-0.25, -0.2) is 8.42 Å². The lowest BCUT2D eigenvalue weighted by Crippen LogP contribution is -2.42. The van der Waals surface area contributed by atoms with Crippen molar-refractivity contribution in [3.8, 4) is 0 Å². The minimum atomic E-state index is -2.88. The first-order valence-corrected chi connectivity index (χ1v) is 8.20. The molecular weight excluding hydrogens is 222 g/mol. The second-order valence-electron chi connectivity index (χ2n) is 5.53. The van der Waals surface area contributed by atoms with Crippen molar-refractivity contribution in [1.29, 1.82) is 0 Å². The summed E-state index contributed by atoms with van der Waals surface area (Å²) < 4.78 is 23.2. The SMILES string of the molecule is CC(C)C(C)CNC1CCCC1S(C)(=O)=O. The van der Waals surface area contributed by atoms with Crippen molar-refractivity contribution < 1.29 is 8.42 Å². The number of hydrogen-bond acceptors (Lipinski definition) is 3. The molecule has 1 rings (SSSR count). The van der Waals surface area contributed by atoms with Gasteiger partial charge in [-0.05, 0) is 31.2 Å². The van der Waals surface area contributed by atoms with Crippen LogP contribution in [-0.2, 0) is 9.84 Å². The van der Waals surface area contributed by atoms with E-state index in [2.05, 4.69) is 26.1 Å². The monoisotopic (exact) mass is 247 g/mol. The maximum atomic E-state index is 11.6. The molecular formula is C12H25NO2S. The van der Waals surface area contributed by atoms with Crippen molar-refractivity contribution in [2.75, 3.05) is 12.8 Å². The molecule has 3 atom stereocenters. The molecule has 16 heavy (non-hydrogen) atoms. The van der Waals surface area contributed by atoms with Crippen molar-refractivity contribution in [1.82, 2.24) is 5.32 Å². The molecule has 1 fully saturated rings. The summed E-state index contributed by atoms with van der Waals surface area (Å²) in [7, 11) is -2.88. The van der Waals surface area contributed by atoms with Crippen LogP contribution in [0.1, 0.15) is 40.0 Å². The molecule has 0 bridgehead atoms. The Morgan fingerprint density at radius 2 is 1.88 bits per heavy atom. The Morgan fingerprint density at radius 1 is 1.25 bits per heavy atom. The Morgan fingerprint density at radius 3 is 2.38 bits per heavy atom. The standard InChI is InChI=1S/C12H25NO2S/c1-9(2)10(3)8-13-11-6-5-7-12(11)16(4,14)15/h9-13H,5-8H2,1-4H3. The van der Waals surface area contributed by atoms with E-state index in [9.17, 15) is 8.42 Å². The van der Waals surface area contributed by atoms with Crippen LogP contribution in [0, 0.1) is 11.8 Å². The second kappa shape index (κ2) is 5.50. The molecule has 0 saturated heterocycles. The molecule has 3 unspecified atom stereocenters. The highest BCUT2D eigenvalue weighted by molar-refractivity contribution is 7.91. The van der Waals surface area contributed by atoms with Gasteiger partial charge in [0.2, 0.25) is 0 Å². The van der Waals surface area contributed by atoms with E-state index >= 15 is 0 Å². The number of hydrogen-bond donors (Lipinski definition) is 1. The Kier molecular flexibility index (Phi) is 4.80.